The van der Waals surface area contributed by atoms with Gasteiger partial charge >= 0.3 is 6.18 Å². The maximum absolute atomic E-state index is 14.2. The summed E-state index contributed by atoms with van der Waals surface area (Å²) in [5.41, 5.74) is -2.73. The van der Waals surface area contributed by atoms with Crippen LogP contribution in [0.25, 0.3) is 0 Å². The molecular weight excluding hydrogens is 516 g/mol. The van der Waals surface area contributed by atoms with Crippen molar-refractivity contribution >= 4 is 44.7 Å². The molecule has 6 nitrogen and oxygen atoms in total. The lowest BCUT2D eigenvalue weighted by atomic mass is 9.86. The Balaban J connectivity index is 1.58. The fourth-order valence-electron chi connectivity index (χ4n) is 4.29. The van der Waals surface area contributed by atoms with Gasteiger partial charge in [0.1, 0.15) is 0 Å². The zero-order valence-electron chi connectivity index (χ0n) is 18.0. The first-order valence-corrected chi connectivity index (χ1v) is 12.6. The van der Waals surface area contributed by atoms with Crippen molar-refractivity contribution in [2.45, 2.75) is 37.6 Å². The van der Waals surface area contributed by atoms with Crippen molar-refractivity contribution in [2.75, 3.05) is 11.5 Å². The molecule has 0 aromatic heterocycles. The van der Waals surface area contributed by atoms with Gasteiger partial charge in [-0.15, -0.1) is 0 Å². The van der Waals surface area contributed by atoms with Gasteiger partial charge in [0, 0.05) is 27.6 Å². The molecule has 0 spiro atoms. The molecule has 182 valence electrons. The topological polar surface area (TPSA) is 84.8 Å². The lowest BCUT2D eigenvalue weighted by molar-refractivity contribution is -0.275. The molecule has 1 amide bonds. The second kappa shape index (κ2) is 8.13. The number of hydrogen-bond donors (Lipinski definition) is 1. The van der Waals surface area contributed by atoms with Gasteiger partial charge in [0.05, 0.1) is 22.8 Å². The van der Waals surface area contributed by atoms with E-state index >= 15 is 0 Å². The number of benzene rings is 2. The molecule has 1 unspecified atom stereocenters. The summed E-state index contributed by atoms with van der Waals surface area (Å²) in [6.45, 7) is 3.27. The van der Waals surface area contributed by atoms with Crippen molar-refractivity contribution in [3.05, 3.63) is 68.7 Å². The van der Waals surface area contributed by atoms with Crippen molar-refractivity contribution in [1.29, 1.82) is 0 Å². The van der Waals surface area contributed by atoms with E-state index in [1.165, 1.54) is 24.3 Å². The minimum atomic E-state index is -4.82. The Hall–Kier alpha value is -2.30. The van der Waals surface area contributed by atoms with E-state index < -0.39 is 39.5 Å². The zero-order valence-corrected chi connectivity index (χ0v) is 20.3. The lowest BCUT2D eigenvalue weighted by Crippen LogP contribution is -2.63. The highest BCUT2D eigenvalue weighted by Gasteiger charge is 2.62. The number of alkyl halides is 3. The molecule has 2 heterocycles. The Morgan fingerprint density at radius 1 is 1.12 bits per heavy atom. The summed E-state index contributed by atoms with van der Waals surface area (Å²) in [6, 6.07) is 8.07. The Bertz CT molecular complexity index is 1300. The zero-order chi connectivity index (χ0) is 25.1. The summed E-state index contributed by atoms with van der Waals surface area (Å²) in [5.74, 6) is -0.766. The maximum atomic E-state index is 14.2. The van der Waals surface area contributed by atoms with Gasteiger partial charge in [0.2, 0.25) is 0 Å². The van der Waals surface area contributed by atoms with Crippen LogP contribution in [0, 0.1) is 6.92 Å². The molecule has 1 fully saturated rings. The Kier molecular flexibility index (Phi) is 5.94. The molecule has 12 heteroatoms. The van der Waals surface area contributed by atoms with Crippen LogP contribution in [0.2, 0.25) is 10.0 Å². The second-order valence-corrected chi connectivity index (χ2v) is 11.8. The fraction of sp³-hybridized carbons (Fsp3) is 0.364. The van der Waals surface area contributed by atoms with Crippen LogP contribution in [-0.2, 0) is 20.3 Å². The normalized spacial score (nSPS) is 23.0. The number of rotatable bonds is 4. The van der Waals surface area contributed by atoms with Crippen LogP contribution < -0.4 is 5.32 Å². The number of nitrogens with zero attached hydrogens (tertiary/aromatic N) is 1. The highest BCUT2D eigenvalue weighted by molar-refractivity contribution is 7.93. The third-order valence-electron chi connectivity index (χ3n) is 5.81. The monoisotopic (exact) mass is 534 g/mol. The summed E-state index contributed by atoms with van der Waals surface area (Å²) >= 11 is 11.8. The summed E-state index contributed by atoms with van der Waals surface area (Å²) in [4.78, 5) is 17.7. The van der Waals surface area contributed by atoms with E-state index in [2.05, 4.69) is 10.5 Å². The van der Waals surface area contributed by atoms with E-state index in [1.807, 2.05) is 0 Å². The molecule has 0 saturated carbocycles. The van der Waals surface area contributed by atoms with Gasteiger partial charge in [-0.25, -0.2) is 8.42 Å². The summed E-state index contributed by atoms with van der Waals surface area (Å²) < 4.78 is 65.5. The van der Waals surface area contributed by atoms with Crippen LogP contribution in [0.5, 0.6) is 0 Å². The summed E-state index contributed by atoms with van der Waals surface area (Å²) in [7, 11) is -3.15. The van der Waals surface area contributed by atoms with Crippen LogP contribution in [0.15, 0.2) is 41.6 Å². The van der Waals surface area contributed by atoms with E-state index in [9.17, 15) is 26.4 Å². The standard InChI is InChI=1S/C22H19Cl2F3N2O4S/c1-12-5-13(3-4-17(12)19(30)28-20(2)10-34(31,32)11-20)18-9-21(33-29-18,22(25,26)27)14-6-15(23)8-16(24)7-14/h3-8H,9-11H2,1-2H3,(H,28,30). The summed E-state index contributed by atoms with van der Waals surface area (Å²) in [6.07, 6.45) is -5.44. The Morgan fingerprint density at radius 3 is 2.26 bits per heavy atom. The van der Waals surface area contributed by atoms with Gasteiger partial charge in [0.15, 0.2) is 9.84 Å². The van der Waals surface area contributed by atoms with E-state index in [0.717, 1.165) is 12.1 Å². The maximum Gasteiger partial charge on any atom is 0.435 e. The molecule has 0 radical (unpaired) electrons. The molecule has 2 aromatic rings. The summed E-state index contributed by atoms with van der Waals surface area (Å²) in [5, 5.41) is 6.49. The van der Waals surface area contributed by atoms with E-state index in [-0.39, 0.29) is 38.4 Å². The number of oxime groups is 1. The average molecular weight is 535 g/mol. The number of carbonyl (C=O) groups excluding carboxylic acids is 1. The first kappa shape index (κ1) is 24.8. The second-order valence-electron chi connectivity index (χ2n) is 8.87. The van der Waals surface area contributed by atoms with Crippen molar-refractivity contribution in [1.82, 2.24) is 5.32 Å². The predicted molar refractivity (Wildman–Crippen MR) is 122 cm³/mol. The number of hydrogen-bond acceptors (Lipinski definition) is 5. The lowest BCUT2D eigenvalue weighted by Gasteiger charge is -2.38. The van der Waals surface area contributed by atoms with Crippen LogP contribution in [-0.4, -0.2) is 43.3 Å². The van der Waals surface area contributed by atoms with Gasteiger partial charge in [0.25, 0.3) is 11.5 Å². The highest BCUT2D eigenvalue weighted by Crippen LogP contribution is 2.49. The smallest absolute Gasteiger partial charge is 0.374 e. The van der Waals surface area contributed by atoms with Crippen LogP contribution >= 0.6 is 23.2 Å². The molecular formula is C22H19Cl2F3N2O4S. The van der Waals surface area contributed by atoms with Gasteiger partial charge in [-0.05, 0) is 55.3 Å². The van der Waals surface area contributed by atoms with Crippen molar-refractivity contribution < 1.29 is 31.2 Å². The molecule has 1 saturated heterocycles. The molecule has 2 aromatic carbocycles. The number of nitrogens with one attached hydrogen (secondary N) is 1. The quantitative estimate of drug-likeness (QED) is 0.610. The highest BCUT2D eigenvalue weighted by atomic mass is 35.5. The van der Waals surface area contributed by atoms with Gasteiger partial charge in [-0.2, -0.15) is 13.2 Å². The molecule has 1 N–H and O–H groups in total. The first-order valence-electron chi connectivity index (χ1n) is 10.1. The molecule has 4 rings (SSSR count). The predicted octanol–water partition coefficient (Wildman–Crippen LogP) is 4.80. The van der Waals surface area contributed by atoms with Crippen molar-refractivity contribution in [2.24, 2.45) is 5.16 Å². The fourth-order valence-corrected chi connectivity index (χ4v) is 6.81. The Morgan fingerprint density at radius 2 is 1.74 bits per heavy atom. The number of carbonyl (C=O) groups is 1. The van der Waals surface area contributed by atoms with Crippen molar-refractivity contribution in [3.8, 4) is 0 Å². The SMILES string of the molecule is Cc1cc(C2=NOC(c3cc(Cl)cc(Cl)c3)(C(F)(F)F)C2)ccc1C(=O)NC1(C)CS(=O)(=O)C1. The largest absolute Gasteiger partial charge is 0.435 e. The van der Waals surface area contributed by atoms with E-state index in [0.29, 0.717) is 11.1 Å². The van der Waals surface area contributed by atoms with Gasteiger partial charge < -0.3 is 10.2 Å². The van der Waals surface area contributed by atoms with Crippen LogP contribution in [0.1, 0.15) is 40.4 Å². The number of amides is 1. The van der Waals surface area contributed by atoms with Gasteiger partial charge in [-0.1, -0.05) is 34.4 Å². The number of halogens is 5. The third kappa shape index (κ3) is 4.50. The molecule has 0 aliphatic carbocycles. The molecule has 0 bridgehead atoms. The molecule has 34 heavy (non-hydrogen) atoms. The van der Waals surface area contributed by atoms with Gasteiger partial charge in [-0.3, -0.25) is 4.79 Å². The van der Waals surface area contributed by atoms with Crippen LogP contribution in [0.3, 0.4) is 0 Å². The minimum absolute atomic E-state index is 0.0299. The molecule has 1 atom stereocenters. The third-order valence-corrected chi connectivity index (χ3v) is 8.40. The molecule has 2 aliphatic rings. The molecule has 2 aliphatic heterocycles. The Labute approximate surface area is 204 Å². The minimum Gasteiger partial charge on any atom is -0.374 e. The average Bonchev–Trinajstić information content (AvgIpc) is 3.12. The van der Waals surface area contributed by atoms with Crippen molar-refractivity contribution in [3.63, 3.8) is 0 Å². The first-order chi connectivity index (χ1) is 15.6. The van der Waals surface area contributed by atoms with E-state index in [1.54, 1.807) is 13.8 Å². The van der Waals surface area contributed by atoms with Crippen LogP contribution in [0.4, 0.5) is 13.2 Å². The van der Waals surface area contributed by atoms with E-state index in [4.69, 9.17) is 28.0 Å². The number of sulfone groups is 1. The number of aryl methyl sites for hydroxylation is 1.